The average molecular weight is 490 g/mol. The third-order valence-electron chi connectivity index (χ3n) is 5.98. The number of benzene rings is 2. The molecule has 180 valence electrons. The van der Waals surface area contributed by atoms with Crippen molar-refractivity contribution in [3.63, 3.8) is 0 Å². The van der Waals surface area contributed by atoms with Crippen molar-refractivity contribution < 1.29 is 14.0 Å². The highest BCUT2D eigenvalue weighted by atomic mass is 32.1. The number of hydrogen-bond acceptors (Lipinski definition) is 7. The summed E-state index contributed by atoms with van der Waals surface area (Å²) in [5, 5.41) is 6.86. The molecule has 0 saturated carbocycles. The van der Waals surface area contributed by atoms with Gasteiger partial charge in [-0.3, -0.25) is 19.4 Å². The molecule has 35 heavy (non-hydrogen) atoms. The molecule has 3 heterocycles. The lowest BCUT2D eigenvalue weighted by atomic mass is 10.1. The number of fused-ring (bicyclic) bond motifs is 1. The van der Waals surface area contributed by atoms with Crippen molar-refractivity contribution in [2.24, 2.45) is 0 Å². The summed E-state index contributed by atoms with van der Waals surface area (Å²) in [6.07, 6.45) is 1.57. The van der Waals surface area contributed by atoms with E-state index in [0.29, 0.717) is 17.0 Å². The molecule has 1 aliphatic heterocycles. The summed E-state index contributed by atoms with van der Waals surface area (Å²) in [6, 6.07) is 18.8. The maximum atomic E-state index is 12.8. The van der Waals surface area contributed by atoms with Crippen molar-refractivity contribution in [1.29, 1.82) is 0 Å². The third-order valence-corrected chi connectivity index (χ3v) is 7.00. The Kier molecular flexibility index (Phi) is 7.17. The second-order valence-corrected chi connectivity index (χ2v) is 9.60. The molecule has 0 radical (unpaired) electrons. The van der Waals surface area contributed by atoms with E-state index in [2.05, 4.69) is 26.5 Å². The number of hydrogen-bond donors (Lipinski definition) is 2. The predicted octanol–water partition coefficient (Wildman–Crippen LogP) is 3.58. The summed E-state index contributed by atoms with van der Waals surface area (Å²) in [5.74, 6) is 0.277. The summed E-state index contributed by atoms with van der Waals surface area (Å²) >= 11 is 1.74. The SMILES string of the molecule is O=C(CN1CCN(Cc2nc3ccccc3s2)CC1)Nc1ccccc1C(=O)NCc1ccco1. The number of carbonyl (C=O) groups excluding carboxylic acids is 2. The van der Waals surface area contributed by atoms with E-state index in [1.807, 2.05) is 18.2 Å². The zero-order valence-corrected chi connectivity index (χ0v) is 20.1. The second-order valence-electron chi connectivity index (χ2n) is 8.48. The summed E-state index contributed by atoms with van der Waals surface area (Å²) in [7, 11) is 0. The van der Waals surface area contributed by atoms with Gasteiger partial charge in [-0.1, -0.05) is 24.3 Å². The van der Waals surface area contributed by atoms with Gasteiger partial charge in [-0.2, -0.15) is 0 Å². The lowest BCUT2D eigenvalue weighted by Crippen LogP contribution is -2.48. The van der Waals surface area contributed by atoms with Crippen LogP contribution >= 0.6 is 11.3 Å². The Morgan fingerprint density at radius 3 is 2.51 bits per heavy atom. The Morgan fingerprint density at radius 1 is 0.943 bits per heavy atom. The maximum absolute atomic E-state index is 12.8. The normalized spacial score (nSPS) is 14.7. The zero-order chi connectivity index (χ0) is 24.0. The van der Waals surface area contributed by atoms with Gasteiger partial charge in [0.2, 0.25) is 5.91 Å². The number of anilines is 1. The Balaban J connectivity index is 1.10. The van der Waals surface area contributed by atoms with Gasteiger partial charge in [0.15, 0.2) is 0 Å². The fourth-order valence-electron chi connectivity index (χ4n) is 4.14. The van der Waals surface area contributed by atoms with Gasteiger partial charge in [0.05, 0.1) is 47.4 Å². The van der Waals surface area contributed by atoms with Gasteiger partial charge in [-0.15, -0.1) is 11.3 Å². The number of rotatable bonds is 8. The molecule has 0 aliphatic carbocycles. The fourth-order valence-corrected chi connectivity index (χ4v) is 5.15. The lowest BCUT2D eigenvalue weighted by molar-refractivity contribution is -0.117. The van der Waals surface area contributed by atoms with E-state index in [0.717, 1.165) is 43.2 Å². The molecule has 2 aromatic carbocycles. The number of nitrogens with one attached hydrogen (secondary N) is 2. The van der Waals surface area contributed by atoms with Gasteiger partial charge >= 0.3 is 0 Å². The van der Waals surface area contributed by atoms with Crippen LogP contribution in [0.1, 0.15) is 21.1 Å². The van der Waals surface area contributed by atoms with Crippen LogP contribution in [0.3, 0.4) is 0 Å². The van der Waals surface area contributed by atoms with Crippen molar-refractivity contribution in [2.45, 2.75) is 13.1 Å². The second kappa shape index (κ2) is 10.8. The molecule has 0 atom stereocenters. The van der Waals surface area contributed by atoms with Crippen LogP contribution in [-0.2, 0) is 17.9 Å². The number of furan rings is 1. The van der Waals surface area contributed by atoms with E-state index < -0.39 is 0 Å². The number of para-hydroxylation sites is 2. The van der Waals surface area contributed by atoms with Crippen molar-refractivity contribution in [3.8, 4) is 0 Å². The molecule has 1 saturated heterocycles. The van der Waals surface area contributed by atoms with Crippen LogP contribution in [0, 0.1) is 0 Å². The first-order chi connectivity index (χ1) is 17.1. The van der Waals surface area contributed by atoms with Crippen molar-refractivity contribution in [2.75, 3.05) is 38.0 Å². The minimum atomic E-state index is -0.263. The molecule has 8 nitrogen and oxygen atoms in total. The number of aromatic nitrogens is 1. The van der Waals surface area contributed by atoms with Crippen LogP contribution < -0.4 is 10.6 Å². The molecule has 2 aromatic heterocycles. The summed E-state index contributed by atoms with van der Waals surface area (Å²) in [5.41, 5.74) is 1.98. The number of nitrogens with zero attached hydrogens (tertiary/aromatic N) is 3. The van der Waals surface area contributed by atoms with Crippen molar-refractivity contribution >= 4 is 39.1 Å². The third kappa shape index (κ3) is 5.94. The monoisotopic (exact) mass is 489 g/mol. The molecule has 2 amide bonds. The van der Waals surface area contributed by atoms with Gasteiger partial charge in [0.1, 0.15) is 10.8 Å². The van der Waals surface area contributed by atoms with Crippen molar-refractivity contribution in [3.05, 3.63) is 83.3 Å². The van der Waals surface area contributed by atoms with Crippen LogP contribution in [0.2, 0.25) is 0 Å². The molecule has 0 bridgehead atoms. The van der Waals surface area contributed by atoms with Crippen LogP contribution in [0.4, 0.5) is 5.69 Å². The predicted molar refractivity (Wildman–Crippen MR) is 136 cm³/mol. The van der Waals surface area contributed by atoms with Crippen LogP contribution in [-0.4, -0.2) is 59.3 Å². The van der Waals surface area contributed by atoms with E-state index in [1.165, 1.54) is 4.70 Å². The van der Waals surface area contributed by atoms with Gasteiger partial charge in [-0.05, 0) is 36.4 Å². The van der Waals surface area contributed by atoms with Gasteiger partial charge in [-0.25, -0.2) is 4.98 Å². The van der Waals surface area contributed by atoms with E-state index in [-0.39, 0.29) is 24.9 Å². The first kappa shape index (κ1) is 23.2. The van der Waals surface area contributed by atoms with E-state index in [4.69, 9.17) is 9.40 Å². The summed E-state index contributed by atoms with van der Waals surface area (Å²) < 4.78 is 6.47. The molecule has 1 aliphatic rings. The van der Waals surface area contributed by atoms with E-state index in [9.17, 15) is 9.59 Å². The molecule has 2 N–H and O–H groups in total. The largest absolute Gasteiger partial charge is 0.467 e. The summed E-state index contributed by atoms with van der Waals surface area (Å²) in [6.45, 7) is 4.80. The number of amides is 2. The minimum absolute atomic E-state index is 0.129. The molecule has 4 aromatic rings. The number of thiazole rings is 1. The Labute approximate surface area is 207 Å². The number of piperazine rings is 1. The molecule has 0 spiro atoms. The Bertz CT molecular complexity index is 1260. The van der Waals surface area contributed by atoms with Gasteiger partial charge in [0.25, 0.3) is 5.91 Å². The molecule has 1 fully saturated rings. The lowest BCUT2D eigenvalue weighted by Gasteiger charge is -2.33. The van der Waals surface area contributed by atoms with Gasteiger partial charge < -0.3 is 15.1 Å². The maximum Gasteiger partial charge on any atom is 0.253 e. The standard InChI is InChI=1S/C26H27N5O3S/c32-24(28-21-8-2-1-7-20(21)26(33)27-16-19-6-5-15-34-19)17-30-11-13-31(14-12-30)18-25-29-22-9-3-4-10-23(22)35-25/h1-10,15H,11-14,16-18H2,(H,27,33)(H,28,32). The van der Waals surface area contributed by atoms with Gasteiger partial charge in [0, 0.05) is 26.2 Å². The smallest absolute Gasteiger partial charge is 0.253 e. The van der Waals surface area contributed by atoms with Crippen LogP contribution in [0.15, 0.2) is 71.3 Å². The Morgan fingerprint density at radius 2 is 1.71 bits per heavy atom. The van der Waals surface area contributed by atoms with Crippen molar-refractivity contribution in [1.82, 2.24) is 20.1 Å². The highest BCUT2D eigenvalue weighted by Crippen LogP contribution is 2.23. The first-order valence-electron chi connectivity index (χ1n) is 11.6. The molecule has 9 heteroatoms. The quantitative estimate of drug-likeness (QED) is 0.393. The highest BCUT2D eigenvalue weighted by Gasteiger charge is 2.21. The first-order valence-corrected chi connectivity index (χ1v) is 12.4. The van der Waals surface area contributed by atoms with Crippen LogP contribution in [0.25, 0.3) is 10.2 Å². The minimum Gasteiger partial charge on any atom is -0.467 e. The Hall–Kier alpha value is -3.53. The van der Waals surface area contributed by atoms with E-state index >= 15 is 0 Å². The van der Waals surface area contributed by atoms with Crippen LogP contribution in [0.5, 0.6) is 0 Å². The molecular formula is C26H27N5O3S. The fraction of sp³-hybridized carbons (Fsp3) is 0.269. The molecule has 0 unspecified atom stereocenters. The van der Waals surface area contributed by atoms with E-state index in [1.54, 1.807) is 54.0 Å². The molecule has 5 rings (SSSR count). The zero-order valence-electron chi connectivity index (χ0n) is 19.3. The summed E-state index contributed by atoms with van der Waals surface area (Å²) in [4.78, 5) is 34.7. The molecular weight excluding hydrogens is 462 g/mol. The number of carbonyl (C=O) groups is 2. The average Bonchev–Trinajstić information content (AvgIpc) is 3.53. The topological polar surface area (TPSA) is 90.7 Å². The highest BCUT2D eigenvalue weighted by molar-refractivity contribution is 7.18.